The summed E-state index contributed by atoms with van der Waals surface area (Å²) in [5.74, 6) is -0.106. The van der Waals surface area contributed by atoms with Crippen molar-refractivity contribution in [2.45, 2.75) is 19.3 Å². The molecular formula is C15H15NO. The van der Waals surface area contributed by atoms with Gasteiger partial charge in [0, 0.05) is 24.2 Å². The first-order valence-corrected chi connectivity index (χ1v) is 5.71. The molecule has 86 valence electrons. The summed E-state index contributed by atoms with van der Waals surface area (Å²) in [5.41, 5.74) is 3.21. The molecule has 0 bridgehead atoms. The molecule has 17 heavy (non-hydrogen) atoms. The van der Waals surface area contributed by atoms with Crippen LogP contribution in [0.3, 0.4) is 0 Å². The SMILES string of the molecule is Cc1ccc(C(C=O)Cc2ccccn2)cc1. The summed E-state index contributed by atoms with van der Waals surface area (Å²) in [7, 11) is 0. The number of nitrogens with zero attached hydrogens (tertiary/aromatic N) is 1. The zero-order chi connectivity index (χ0) is 12.1. The minimum Gasteiger partial charge on any atom is -0.303 e. The van der Waals surface area contributed by atoms with Crippen LogP contribution in [0.4, 0.5) is 0 Å². The van der Waals surface area contributed by atoms with E-state index in [1.54, 1.807) is 6.20 Å². The molecule has 0 fully saturated rings. The molecule has 0 aliphatic heterocycles. The Kier molecular flexibility index (Phi) is 3.66. The second kappa shape index (κ2) is 5.39. The van der Waals surface area contributed by atoms with Crippen molar-refractivity contribution in [3.05, 3.63) is 65.5 Å². The second-order valence-corrected chi connectivity index (χ2v) is 4.18. The largest absolute Gasteiger partial charge is 0.303 e. The second-order valence-electron chi connectivity index (χ2n) is 4.18. The molecule has 1 aromatic heterocycles. The molecule has 0 saturated heterocycles. The Bertz CT molecular complexity index is 476. The number of aldehydes is 1. The fourth-order valence-corrected chi connectivity index (χ4v) is 1.80. The fourth-order valence-electron chi connectivity index (χ4n) is 1.80. The number of carbonyl (C=O) groups excluding carboxylic acids is 1. The van der Waals surface area contributed by atoms with Gasteiger partial charge in [-0.15, -0.1) is 0 Å². The highest BCUT2D eigenvalue weighted by Crippen LogP contribution is 2.18. The lowest BCUT2D eigenvalue weighted by Crippen LogP contribution is -2.05. The summed E-state index contributed by atoms with van der Waals surface area (Å²) in [6.07, 6.45) is 3.42. The minimum atomic E-state index is -0.106. The van der Waals surface area contributed by atoms with E-state index in [1.165, 1.54) is 5.56 Å². The Morgan fingerprint density at radius 2 is 1.94 bits per heavy atom. The third-order valence-electron chi connectivity index (χ3n) is 2.82. The molecule has 2 aromatic rings. The molecular weight excluding hydrogens is 210 g/mol. The first-order valence-electron chi connectivity index (χ1n) is 5.71. The lowest BCUT2D eigenvalue weighted by atomic mass is 9.95. The van der Waals surface area contributed by atoms with Crippen molar-refractivity contribution in [2.75, 3.05) is 0 Å². The van der Waals surface area contributed by atoms with Crippen LogP contribution in [0.1, 0.15) is 22.7 Å². The zero-order valence-corrected chi connectivity index (χ0v) is 9.84. The molecule has 2 heteroatoms. The Morgan fingerprint density at radius 3 is 2.53 bits per heavy atom. The molecule has 1 atom stereocenters. The van der Waals surface area contributed by atoms with Gasteiger partial charge in [-0.2, -0.15) is 0 Å². The molecule has 0 aliphatic carbocycles. The summed E-state index contributed by atoms with van der Waals surface area (Å²) < 4.78 is 0. The molecule has 0 N–H and O–H groups in total. The molecule has 0 saturated carbocycles. The molecule has 1 heterocycles. The van der Waals surface area contributed by atoms with Gasteiger partial charge >= 0.3 is 0 Å². The highest BCUT2D eigenvalue weighted by Gasteiger charge is 2.11. The van der Waals surface area contributed by atoms with Gasteiger partial charge in [-0.1, -0.05) is 35.9 Å². The lowest BCUT2D eigenvalue weighted by Gasteiger charge is -2.10. The molecule has 2 rings (SSSR count). The highest BCUT2D eigenvalue weighted by molar-refractivity contribution is 5.62. The van der Waals surface area contributed by atoms with Crippen LogP contribution >= 0.6 is 0 Å². The Balaban J connectivity index is 2.17. The van der Waals surface area contributed by atoms with Crippen LogP contribution in [0.5, 0.6) is 0 Å². The Morgan fingerprint density at radius 1 is 1.18 bits per heavy atom. The maximum absolute atomic E-state index is 11.2. The van der Waals surface area contributed by atoms with Crippen molar-refractivity contribution in [3.8, 4) is 0 Å². The van der Waals surface area contributed by atoms with Gasteiger partial charge in [0.1, 0.15) is 6.29 Å². The van der Waals surface area contributed by atoms with Crippen molar-refractivity contribution >= 4 is 6.29 Å². The van der Waals surface area contributed by atoms with Gasteiger partial charge in [0.15, 0.2) is 0 Å². The van der Waals surface area contributed by atoms with Gasteiger partial charge in [-0.3, -0.25) is 4.98 Å². The summed E-state index contributed by atoms with van der Waals surface area (Å²) in [4.78, 5) is 15.4. The Hall–Kier alpha value is -1.96. The van der Waals surface area contributed by atoms with Crippen LogP contribution in [0.2, 0.25) is 0 Å². The highest BCUT2D eigenvalue weighted by atomic mass is 16.1. The van der Waals surface area contributed by atoms with E-state index < -0.39 is 0 Å². The van der Waals surface area contributed by atoms with Crippen molar-refractivity contribution < 1.29 is 4.79 Å². The number of aryl methyl sites for hydroxylation is 1. The van der Waals surface area contributed by atoms with E-state index in [2.05, 4.69) is 4.98 Å². The minimum absolute atomic E-state index is 0.106. The van der Waals surface area contributed by atoms with E-state index in [0.29, 0.717) is 6.42 Å². The number of pyridine rings is 1. The van der Waals surface area contributed by atoms with Crippen LogP contribution in [0, 0.1) is 6.92 Å². The van der Waals surface area contributed by atoms with Crippen LogP contribution in [0.15, 0.2) is 48.7 Å². The number of aromatic nitrogens is 1. The number of carbonyl (C=O) groups is 1. The van der Waals surface area contributed by atoms with Gasteiger partial charge in [0.2, 0.25) is 0 Å². The summed E-state index contributed by atoms with van der Waals surface area (Å²) >= 11 is 0. The molecule has 0 spiro atoms. The van der Waals surface area contributed by atoms with Gasteiger partial charge in [0.05, 0.1) is 0 Å². The normalized spacial score (nSPS) is 12.1. The molecule has 0 amide bonds. The van der Waals surface area contributed by atoms with Gasteiger partial charge in [0.25, 0.3) is 0 Å². The maximum Gasteiger partial charge on any atom is 0.127 e. The number of hydrogen-bond donors (Lipinski definition) is 0. The van der Waals surface area contributed by atoms with Crippen molar-refractivity contribution in [2.24, 2.45) is 0 Å². The van der Waals surface area contributed by atoms with E-state index in [1.807, 2.05) is 49.4 Å². The summed E-state index contributed by atoms with van der Waals surface area (Å²) in [6, 6.07) is 13.9. The van der Waals surface area contributed by atoms with Gasteiger partial charge < -0.3 is 4.79 Å². The molecule has 1 unspecified atom stereocenters. The topological polar surface area (TPSA) is 30.0 Å². The van der Waals surface area contributed by atoms with Gasteiger partial charge in [-0.25, -0.2) is 0 Å². The van der Waals surface area contributed by atoms with Crippen molar-refractivity contribution in [3.63, 3.8) is 0 Å². The van der Waals surface area contributed by atoms with Crippen LogP contribution in [-0.4, -0.2) is 11.3 Å². The predicted molar refractivity (Wildman–Crippen MR) is 67.9 cm³/mol. The smallest absolute Gasteiger partial charge is 0.127 e. The van der Waals surface area contributed by atoms with Crippen LogP contribution < -0.4 is 0 Å². The molecule has 0 radical (unpaired) electrons. The van der Waals surface area contributed by atoms with Crippen molar-refractivity contribution in [1.82, 2.24) is 4.98 Å². The quantitative estimate of drug-likeness (QED) is 0.749. The average molecular weight is 225 g/mol. The van der Waals surface area contributed by atoms with Crippen LogP contribution in [-0.2, 0) is 11.2 Å². The number of rotatable bonds is 4. The molecule has 2 nitrogen and oxygen atoms in total. The third kappa shape index (κ3) is 3.00. The van der Waals surface area contributed by atoms with E-state index in [-0.39, 0.29) is 5.92 Å². The van der Waals surface area contributed by atoms with E-state index in [4.69, 9.17) is 0 Å². The monoisotopic (exact) mass is 225 g/mol. The molecule has 0 aliphatic rings. The molecule has 1 aromatic carbocycles. The average Bonchev–Trinajstić information content (AvgIpc) is 2.38. The van der Waals surface area contributed by atoms with Crippen molar-refractivity contribution in [1.29, 1.82) is 0 Å². The van der Waals surface area contributed by atoms with Crippen LogP contribution in [0.25, 0.3) is 0 Å². The third-order valence-corrected chi connectivity index (χ3v) is 2.82. The lowest BCUT2D eigenvalue weighted by molar-refractivity contribution is -0.109. The summed E-state index contributed by atoms with van der Waals surface area (Å²) in [5, 5.41) is 0. The summed E-state index contributed by atoms with van der Waals surface area (Å²) in [6.45, 7) is 2.04. The van der Waals surface area contributed by atoms with E-state index >= 15 is 0 Å². The maximum atomic E-state index is 11.2. The fraction of sp³-hybridized carbons (Fsp3) is 0.200. The number of benzene rings is 1. The Labute approximate surface area is 101 Å². The first kappa shape index (κ1) is 11.5. The standard InChI is InChI=1S/C15H15NO/c1-12-5-7-13(8-6-12)14(11-17)10-15-4-2-3-9-16-15/h2-9,11,14H,10H2,1H3. The zero-order valence-electron chi connectivity index (χ0n) is 9.84. The van der Waals surface area contributed by atoms with Gasteiger partial charge in [-0.05, 0) is 24.6 Å². The number of hydrogen-bond acceptors (Lipinski definition) is 2. The first-order chi connectivity index (χ1) is 8.29. The van der Waals surface area contributed by atoms with E-state index in [0.717, 1.165) is 17.5 Å². The predicted octanol–water partition coefficient (Wildman–Crippen LogP) is 2.92. The van der Waals surface area contributed by atoms with E-state index in [9.17, 15) is 4.79 Å².